The summed E-state index contributed by atoms with van der Waals surface area (Å²) in [5.41, 5.74) is 6.66. The van der Waals surface area contributed by atoms with Crippen LogP contribution in [-0.4, -0.2) is 50.5 Å². The fourth-order valence-electron chi connectivity index (χ4n) is 2.30. The molecule has 1 fully saturated rings. The zero-order valence-corrected chi connectivity index (χ0v) is 13.4. The van der Waals surface area contributed by atoms with E-state index in [0.717, 1.165) is 12.1 Å². The number of ether oxygens (including phenoxy) is 1. The number of methoxy groups -OCH3 is 1. The lowest BCUT2D eigenvalue weighted by molar-refractivity contribution is 0.102. The lowest BCUT2D eigenvalue weighted by Crippen LogP contribution is -2.39. The van der Waals surface area contributed by atoms with Crippen molar-refractivity contribution in [2.45, 2.75) is 45.8 Å². The first-order valence-electron chi connectivity index (χ1n) is 7.62. The van der Waals surface area contributed by atoms with Crippen molar-refractivity contribution in [1.82, 2.24) is 4.90 Å². The summed E-state index contributed by atoms with van der Waals surface area (Å²) in [4.78, 5) is 2.40. The van der Waals surface area contributed by atoms with E-state index in [1.165, 1.54) is 25.9 Å². The van der Waals surface area contributed by atoms with Crippen molar-refractivity contribution in [3.63, 3.8) is 0 Å². The Hall–Kier alpha value is -0.710. The standard InChI is InChI=1S/C14H25FN2O.C2H6/c1-3-12(14(18-2)13(16)11-15)7-6-10-17-8-4-5-9-17;1-2/h3,6-7,13-14H,4-5,8-11,16H2,1-2H3;1-2H3/b7-6-,12-3+;. The molecule has 3 nitrogen and oxygen atoms in total. The molecular weight excluding hydrogens is 255 g/mol. The van der Waals surface area contributed by atoms with Gasteiger partial charge in [-0.1, -0.05) is 32.1 Å². The van der Waals surface area contributed by atoms with Crippen molar-refractivity contribution in [2.75, 3.05) is 33.4 Å². The predicted molar refractivity (Wildman–Crippen MR) is 84.7 cm³/mol. The lowest BCUT2D eigenvalue weighted by Gasteiger charge is -2.21. The van der Waals surface area contributed by atoms with Crippen LogP contribution >= 0.6 is 0 Å². The highest BCUT2D eigenvalue weighted by atomic mass is 19.1. The maximum absolute atomic E-state index is 12.6. The third-order valence-corrected chi connectivity index (χ3v) is 3.36. The molecule has 0 spiro atoms. The summed E-state index contributed by atoms with van der Waals surface area (Å²) in [6, 6.07) is -0.599. The van der Waals surface area contributed by atoms with Gasteiger partial charge in [-0.3, -0.25) is 4.90 Å². The number of nitrogens with two attached hydrogens (primary N) is 1. The topological polar surface area (TPSA) is 38.5 Å². The minimum atomic E-state index is -0.599. The largest absolute Gasteiger partial charge is 0.375 e. The molecule has 0 aromatic carbocycles. The van der Waals surface area contributed by atoms with E-state index in [1.807, 2.05) is 32.9 Å². The van der Waals surface area contributed by atoms with Gasteiger partial charge in [0.1, 0.15) is 6.67 Å². The molecule has 0 aromatic heterocycles. The molecule has 0 aliphatic carbocycles. The Morgan fingerprint density at radius 2 is 1.95 bits per heavy atom. The zero-order chi connectivity index (χ0) is 15.4. The molecule has 2 atom stereocenters. The van der Waals surface area contributed by atoms with Crippen LogP contribution in [0.2, 0.25) is 0 Å². The van der Waals surface area contributed by atoms with Crippen LogP contribution < -0.4 is 5.73 Å². The molecule has 0 radical (unpaired) electrons. The van der Waals surface area contributed by atoms with E-state index >= 15 is 0 Å². The first-order chi connectivity index (χ1) is 9.72. The van der Waals surface area contributed by atoms with Gasteiger partial charge in [-0.25, -0.2) is 4.39 Å². The number of allylic oxidation sites excluding steroid dienone is 1. The van der Waals surface area contributed by atoms with Crippen molar-refractivity contribution < 1.29 is 9.13 Å². The Kier molecular flexibility index (Phi) is 11.6. The fraction of sp³-hybridized carbons (Fsp3) is 0.750. The van der Waals surface area contributed by atoms with E-state index in [4.69, 9.17) is 10.5 Å². The van der Waals surface area contributed by atoms with Gasteiger partial charge in [0.2, 0.25) is 0 Å². The van der Waals surface area contributed by atoms with E-state index in [0.29, 0.717) is 0 Å². The summed E-state index contributed by atoms with van der Waals surface area (Å²) in [6.45, 7) is 8.64. The Bertz CT molecular complexity index is 286. The van der Waals surface area contributed by atoms with Crippen molar-refractivity contribution in [3.05, 3.63) is 23.8 Å². The van der Waals surface area contributed by atoms with Crippen LogP contribution in [0.4, 0.5) is 4.39 Å². The van der Waals surface area contributed by atoms with Crippen LogP contribution in [0.15, 0.2) is 23.8 Å². The Balaban J connectivity index is 0.00000172. The van der Waals surface area contributed by atoms with Crippen molar-refractivity contribution in [2.24, 2.45) is 5.73 Å². The number of halogens is 1. The number of likely N-dealkylation sites (tertiary alicyclic amines) is 1. The maximum atomic E-state index is 12.6. The van der Waals surface area contributed by atoms with Crippen LogP contribution in [0.1, 0.15) is 33.6 Å². The van der Waals surface area contributed by atoms with Gasteiger partial charge in [-0.15, -0.1) is 0 Å². The van der Waals surface area contributed by atoms with Gasteiger partial charge in [-0.05, 0) is 38.4 Å². The van der Waals surface area contributed by atoms with Crippen molar-refractivity contribution >= 4 is 0 Å². The highest BCUT2D eigenvalue weighted by molar-refractivity contribution is 5.24. The van der Waals surface area contributed by atoms with Gasteiger partial charge in [0.15, 0.2) is 0 Å². The van der Waals surface area contributed by atoms with Gasteiger partial charge in [0, 0.05) is 13.7 Å². The summed E-state index contributed by atoms with van der Waals surface area (Å²) in [7, 11) is 1.57. The number of hydrogen-bond acceptors (Lipinski definition) is 3. The Morgan fingerprint density at radius 1 is 1.35 bits per heavy atom. The molecule has 20 heavy (non-hydrogen) atoms. The van der Waals surface area contributed by atoms with Gasteiger partial charge in [0.25, 0.3) is 0 Å². The molecule has 1 aliphatic rings. The second-order valence-corrected chi connectivity index (χ2v) is 4.67. The highest BCUT2D eigenvalue weighted by Crippen LogP contribution is 2.13. The van der Waals surface area contributed by atoms with Gasteiger partial charge < -0.3 is 10.5 Å². The molecule has 4 heteroatoms. The van der Waals surface area contributed by atoms with E-state index in [1.54, 1.807) is 7.11 Å². The smallest absolute Gasteiger partial charge is 0.107 e. The first-order valence-corrected chi connectivity index (χ1v) is 7.62. The van der Waals surface area contributed by atoms with Crippen LogP contribution in [0.25, 0.3) is 0 Å². The average Bonchev–Trinajstić information content (AvgIpc) is 3.01. The van der Waals surface area contributed by atoms with E-state index < -0.39 is 12.7 Å². The van der Waals surface area contributed by atoms with Crippen molar-refractivity contribution in [1.29, 1.82) is 0 Å². The Labute approximate surface area is 123 Å². The van der Waals surface area contributed by atoms with Gasteiger partial charge in [-0.2, -0.15) is 0 Å². The molecule has 0 saturated carbocycles. The van der Waals surface area contributed by atoms with Gasteiger partial charge >= 0.3 is 0 Å². The molecule has 118 valence electrons. The maximum Gasteiger partial charge on any atom is 0.107 e. The highest BCUT2D eigenvalue weighted by Gasteiger charge is 2.19. The number of hydrogen-bond donors (Lipinski definition) is 1. The predicted octanol–water partition coefficient (Wildman–Crippen LogP) is 2.92. The summed E-state index contributed by atoms with van der Waals surface area (Å²) in [6.07, 6.45) is 8.26. The summed E-state index contributed by atoms with van der Waals surface area (Å²) >= 11 is 0. The molecule has 1 aliphatic heterocycles. The van der Waals surface area contributed by atoms with E-state index in [2.05, 4.69) is 11.0 Å². The molecular formula is C16H31FN2O. The van der Waals surface area contributed by atoms with Crippen LogP contribution in [0.3, 0.4) is 0 Å². The summed E-state index contributed by atoms with van der Waals surface area (Å²) in [5.74, 6) is 0. The Morgan fingerprint density at radius 3 is 2.40 bits per heavy atom. The normalized spacial score (nSPS) is 19.8. The molecule has 1 rings (SSSR count). The average molecular weight is 286 g/mol. The van der Waals surface area contributed by atoms with Crippen LogP contribution in [0.5, 0.6) is 0 Å². The number of nitrogens with zero attached hydrogens (tertiary/aromatic N) is 1. The number of rotatable bonds is 7. The minimum absolute atomic E-state index is 0.366. The molecule has 0 bridgehead atoms. The molecule has 1 heterocycles. The van der Waals surface area contributed by atoms with Crippen molar-refractivity contribution in [3.8, 4) is 0 Å². The molecule has 0 aromatic rings. The second-order valence-electron chi connectivity index (χ2n) is 4.67. The first kappa shape index (κ1) is 19.3. The molecule has 2 unspecified atom stereocenters. The minimum Gasteiger partial charge on any atom is -0.375 e. The summed E-state index contributed by atoms with van der Waals surface area (Å²) < 4.78 is 17.9. The SMILES string of the molecule is C/C=C(\C=C/CN1CCCC1)C(OC)C(N)CF.CC. The van der Waals surface area contributed by atoms with E-state index in [9.17, 15) is 4.39 Å². The zero-order valence-electron chi connectivity index (χ0n) is 13.4. The molecule has 0 amide bonds. The molecule has 1 saturated heterocycles. The summed E-state index contributed by atoms with van der Waals surface area (Å²) in [5, 5.41) is 0. The molecule has 2 N–H and O–H groups in total. The van der Waals surface area contributed by atoms with E-state index in [-0.39, 0.29) is 6.10 Å². The monoisotopic (exact) mass is 286 g/mol. The lowest BCUT2D eigenvalue weighted by atomic mass is 10.0. The third-order valence-electron chi connectivity index (χ3n) is 3.36. The van der Waals surface area contributed by atoms with Gasteiger partial charge in [0.05, 0.1) is 12.1 Å². The van der Waals surface area contributed by atoms with Crippen LogP contribution in [-0.2, 0) is 4.74 Å². The quantitative estimate of drug-likeness (QED) is 0.731. The second kappa shape index (κ2) is 12.1. The third kappa shape index (κ3) is 6.64. The fourth-order valence-corrected chi connectivity index (χ4v) is 2.30. The van der Waals surface area contributed by atoms with Crippen LogP contribution in [0, 0.1) is 0 Å². The number of alkyl halides is 1.